The van der Waals surface area contributed by atoms with Gasteiger partial charge in [-0.05, 0) is 43.7 Å². The third-order valence-corrected chi connectivity index (χ3v) is 3.10. The van der Waals surface area contributed by atoms with Crippen LogP contribution in [0.4, 0.5) is 0 Å². The molecule has 1 aromatic heterocycles. The van der Waals surface area contributed by atoms with Crippen LogP contribution in [-0.4, -0.2) is 30.3 Å². The van der Waals surface area contributed by atoms with Crippen molar-refractivity contribution in [3.63, 3.8) is 0 Å². The summed E-state index contributed by atoms with van der Waals surface area (Å²) >= 11 is 0. The van der Waals surface area contributed by atoms with Crippen molar-refractivity contribution in [2.24, 2.45) is 0 Å². The van der Waals surface area contributed by atoms with E-state index in [1.807, 2.05) is 31.2 Å². The molecule has 1 aromatic carbocycles. The van der Waals surface area contributed by atoms with Crippen molar-refractivity contribution >= 4 is 0 Å². The monoisotopic (exact) mass is 286 g/mol. The molecular weight excluding hydrogens is 264 g/mol. The first kappa shape index (κ1) is 15.4. The minimum Gasteiger partial charge on any atom is -0.491 e. The number of rotatable bonds is 7. The highest BCUT2D eigenvalue weighted by Gasteiger charge is 2.05. The highest BCUT2D eigenvalue weighted by atomic mass is 16.5. The van der Waals surface area contributed by atoms with Crippen LogP contribution in [0.3, 0.4) is 0 Å². The molecule has 1 heterocycles. The third kappa shape index (κ3) is 4.53. The summed E-state index contributed by atoms with van der Waals surface area (Å²) in [7, 11) is 1.66. The summed E-state index contributed by atoms with van der Waals surface area (Å²) in [6.07, 6.45) is 2.07. The number of nitrogens with zero attached hydrogens (tertiary/aromatic N) is 2. The van der Waals surface area contributed by atoms with Gasteiger partial charge in [-0.1, -0.05) is 13.3 Å². The fourth-order valence-corrected chi connectivity index (χ4v) is 2.13. The minimum absolute atomic E-state index is 0.559. The Morgan fingerprint density at radius 1 is 1.05 bits per heavy atom. The lowest BCUT2D eigenvalue weighted by atomic mass is 10.1. The Hall–Kier alpha value is -1.94. The molecule has 0 spiro atoms. The molecule has 0 saturated heterocycles. The van der Waals surface area contributed by atoms with E-state index in [0.29, 0.717) is 13.2 Å². The summed E-state index contributed by atoms with van der Waals surface area (Å²) in [5.74, 6) is 1.66. The molecule has 4 heteroatoms. The Balaban J connectivity index is 2.14. The smallest absolute Gasteiger partial charge is 0.126 e. The average Bonchev–Trinajstić information content (AvgIpc) is 2.48. The van der Waals surface area contributed by atoms with E-state index in [1.165, 1.54) is 0 Å². The van der Waals surface area contributed by atoms with Crippen molar-refractivity contribution in [1.29, 1.82) is 0 Å². The molecule has 0 N–H and O–H groups in total. The predicted octanol–water partition coefficient (Wildman–Crippen LogP) is 3.43. The average molecular weight is 286 g/mol. The molecule has 0 radical (unpaired) electrons. The van der Waals surface area contributed by atoms with Crippen LogP contribution in [0, 0.1) is 6.92 Å². The molecule has 2 rings (SSSR count). The zero-order valence-electron chi connectivity index (χ0n) is 12.9. The highest BCUT2D eigenvalue weighted by molar-refractivity contribution is 5.60. The van der Waals surface area contributed by atoms with Gasteiger partial charge in [-0.3, -0.25) is 0 Å². The number of hydrogen-bond acceptors (Lipinski definition) is 4. The van der Waals surface area contributed by atoms with E-state index in [0.717, 1.165) is 41.4 Å². The van der Waals surface area contributed by atoms with Gasteiger partial charge in [0.1, 0.15) is 18.2 Å². The Labute approximate surface area is 126 Å². The number of ether oxygens (including phenoxy) is 2. The Bertz CT molecular complexity index is 568. The maximum absolute atomic E-state index is 5.57. The molecule has 2 aromatic rings. The summed E-state index contributed by atoms with van der Waals surface area (Å²) in [6.45, 7) is 5.24. The lowest BCUT2D eigenvalue weighted by Crippen LogP contribution is -2.04. The molecule has 0 amide bonds. The Kier molecular flexibility index (Phi) is 5.69. The van der Waals surface area contributed by atoms with Crippen LogP contribution >= 0.6 is 0 Å². The fraction of sp³-hybridized carbons (Fsp3) is 0.412. The molecule has 4 nitrogen and oxygen atoms in total. The second-order valence-corrected chi connectivity index (χ2v) is 4.91. The molecule has 0 aliphatic rings. The zero-order chi connectivity index (χ0) is 15.1. The maximum atomic E-state index is 5.57. The molecule has 112 valence electrons. The van der Waals surface area contributed by atoms with Crippen molar-refractivity contribution in [1.82, 2.24) is 9.97 Å². The van der Waals surface area contributed by atoms with Gasteiger partial charge in [0, 0.05) is 18.4 Å². The minimum atomic E-state index is 0.559. The molecule has 0 saturated carbocycles. The second-order valence-electron chi connectivity index (χ2n) is 4.91. The SMILES string of the molecule is CCCc1cc(-c2ccc(OCCOC)cc2)nc(C)n1. The molecule has 0 bridgehead atoms. The molecule has 0 atom stereocenters. The molecule has 0 aliphatic heterocycles. The molecule has 0 aliphatic carbocycles. The number of methoxy groups -OCH3 is 1. The van der Waals surface area contributed by atoms with E-state index in [4.69, 9.17) is 9.47 Å². The summed E-state index contributed by atoms with van der Waals surface area (Å²) in [4.78, 5) is 8.99. The van der Waals surface area contributed by atoms with Gasteiger partial charge in [0.2, 0.25) is 0 Å². The summed E-state index contributed by atoms with van der Waals surface area (Å²) in [5.41, 5.74) is 3.15. The molecule has 0 fully saturated rings. The van der Waals surface area contributed by atoms with E-state index in [9.17, 15) is 0 Å². The van der Waals surface area contributed by atoms with Crippen LogP contribution in [0.1, 0.15) is 24.9 Å². The van der Waals surface area contributed by atoms with Gasteiger partial charge >= 0.3 is 0 Å². The fourth-order valence-electron chi connectivity index (χ4n) is 2.13. The Morgan fingerprint density at radius 3 is 2.48 bits per heavy atom. The second kappa shape index (κ2) is 7.74. The Morgan fingerprint density at radius 2 is 1.81 bits per heavy atom. The lowest BCUT2D eigenvalue weighted by molar-refractivity contribution is 0.146. The van der Waals surface area contributed by atoms with Gasteiger partial charge < -0.3 is 9.47 Å². The summed E-state index contributed by atoms with van der Waals surface area (Å²) in [5, 5.41) is 0. The van der Waals surface area contributed by atoms with Crippen molar-refractivity contribution in [2.75, 3.05) is 20.3 Å². The number of aromatic nitrogens is 2. The first-order chi connectivity index (χ1) is 10.2. The zero-order valence-corrected chi connectivity index (χ0v) is 12.9. The van der Waals surface area contributed by atoms with Gasteiger partial charge in [-0.25, -0.2) is 9.97 Å². The van der Waals surface area contributed by atoms with Gasteiger partial charge in [-0.2, -0.15) is 0 Å². The lowest BCUT2D eigenvalue weighted by Gasteiger charge is -2.08. The quantitative estimate of drug-likeness (QED) is 0.731. The van der Waals surface area contributed by atoms with E-state index in [-0.39, 0.29) is 0 Å². The summed E-state index contributed by atoms with van der Waals surface area (Å²) < 4.78 is 10.5. The van der Waals surface area contributed by atoms with Gasteiger partial charge in [0.25, 0.3) is 0 Å². The van der Waals surface area contributed by atoms with Crippen LogP contribution in [0.25, 0.3) is 11.3 Å². The topological polar surface area (TPSA) is 44.2 Å². The van der Waals surface area contributed by atoms with Crippen molar-refractivity contribution in [3.05, 3.63) is 41.9 Å². The first-order valence-corrected chi connectivity index (χ1v) is 7.29. The van der Waals surface area contributed by atoms with Crippen LogP contribution < -0.4 is 4.74 Å². The van der Waals surface area contributed by atoms with E-state index < -0.39 is 0 Å². The standard InChI is InChI=1S/C17H22N2O2/c1-4-5-15-12-17(19-13(2)18-15)14-6-8-16(9-7-14)21-11-10-20-3/h6-9,12H,4-5,10-11H2,1-3H3. The number of benzene rings is 1. The van der Waals surface area contributed by atoms with Crippen molar-refractivity contribution in [3.8, 4) is 17.0 Å². The summed E-state index contributed by atoms with van der Waals surface area (Å²) in [6, 6.07) is 10.0. The van der Waals surface area contributed by atoms with Gasteiger partial charge in [-0.15, -0.1) is 0 Å². The first-order valence-electron chi connectivity index (χ1n) is 7.29. The van der Waals surface area contributed by atoms with Crippen LogP contribution in [-0.2, 0) is 11.2 Å². The van der Waals surface area contributed by atoms with E-state index in [2.05, 4.69) is 23.0 Å². The van der Waals surface area contributed by atoms with E-state index >= 15 is 0 Å². The van der Waals surface area contributed by atoms with Crippen LogP contribution in [0.15, 0.2) is 30.3 Å². The largest absolute Gasteiger partial charge is 0.491 e. The number of hydrogen-bond donors (Lipinski definition) is 0. The molecular formula is C17H22N2O2. The normalized spacial score (nSPS) is 10.6. The van der Waals surface area contributed by atoms with Crippen molar-refractivity contribution in [2.45, 2.75) is 26.7 Å². The number of aryl methyl sites for hydroxylation is 2. The van der Waals surface area contributed by atoms with Gasteiger partial charge in [0.15, 0.2) is 0 Å². The van der Waals surface area contributed by atoms with E-state index in [1.54, 1.807) is 7.11 Å². The van der Waals surface area contributed by atoms with Crippen molar-refractivity contribution < 1.29 is 9.47 Å². The molecule has 0 unspecified atom stereocenters. The van der Waals surface area contributed by atoms with Crippen LogP contribution in [0.2, 0.25) is 0 Å². The highest BCUT2D eigenvalue weighted by Crippen LogP contribution is 2.21. The maximum Gasteiger partial charge on any atom is 0.126 e. The third-order valence-electron chi connectivity index (χ3n) is 3.10. The molecule has 21 heavy (non-hydrogen) atoms. The van der Waals surface area contributed by atoms with Gasteiger partial charge in [0.05, 0.1) is 12.3 Å². The predicted molar refractivity (Wildman–Crippen MR) is 83.6 cm³/mol. The van der Waals surface area contributed by atoms with Crippen LogP contribution in [0.5, 0.6) is 5.75 Å².